The number of halogens is 1. The zero-order chi connectivity index (χ0) is 9.68. The highest BCUT2D eigenvalue weighted by Gasteiger charge is 1.91. The van der Waals surface area contributed by atoms with Gasteiger partial charge in [-0.1, -0.05) is 23.7 Å². The van der Waals surface area contributed by atoms with Crippen molar-refractivity contribution < 1.29 is 9.53 Å². The van der Waals surface area contributed by atoms with Crippen LogP contribution >= 0.6 is 11.6 Å². The molecule has 68 valence electrons. The molecule has 3 heteroatoms. The predicted octanol–water partition coefficient (Wildman–Crippen LogP) is 2.53. The van der Waals surface area contributed by atoms with Gasteiger partial charge in [0.15, 0.2) is 0 Å². The van der Waals surface area contributed by atoms with Crippen LogP contribution in [0.1, 0.15) is 5.56 Å². The quantitative estimate of drug-likeness (QED) is 0.537. The minimum atomic E-state index is -0.366. The summed E-state index contributed by atoms with van der Waals surface area (Å²) in [5.41, 5.74) is 0.912. The molecule has 0 aliphatic heterocycles. The first-order valence-electron chi connectivity index (χ1n) is 3.74. The topological polar surface area (TPSA) is 26.3 Å². The number of hydrogen-bond acceptors (Lipinski definition) is 2. The SMILES string of the molecule is COC(=O)/C=C\c1ccc(Cl)cc1. The summed E-state index contributed by atoms with van der Waals surface area (Å²) in [6.45, 7) is 0. The highest BCUT2D eigenvalue weighted by atomic mass is 35.5. The van der Waals surface area contributed by atoms with Crippen molar-refractivity contribution in [3.05, 3.63) is 40.9 Å². The molecule has 1 aromatic carbocycles. The fourth-order valence-electron chi connectivity index (χ4n) is 0.806. The van der Waals surface area contributed by atoms with E-state index >= 15 is 0 Å². The Balaban J connectivity index is 2.69. The van der Waals surface area contributed by atoms with Gasteiger partial charge in [0.2, 0.25) is 0 Å². The van der Waals surface area contributed by atoms with Crippen LogP contribution in [0.3, 0.4) is 0 Å². The number of carbonyl (C=O) groups excluding carboxylic acids is 1. The van der Waals surface area contributed by atoms with Gasteiger partial charge in [0.05, 0.1) is 7.11 Å². The summed E-state index contributed by atoms with van der Waals surface area (Å²) in [4.78, 5) is 10.7. The van der Waals surface area contributed by atoms with Crippen LogP contribution in [-0.4, -0.2) is 13.1 Å². The lowest BCUT2D eigenvalue weighted by molar-refractivity contribution is -0.134. The molecule has 0 spiro atoms. The summed E-state index contributed by atoms with van der Waals surface area (Å²) in [5.74, 6) is -0.366. The Morgan fingerprint density at radius 2 is 2.00 bits per heavy atom. The van der Waals surface area contributed by atoms with Crippen molar-refractivity contribution in [2.24, 2.45) is 0 Å². The monoisotopic (exact) mass is 196 g/mol. The van der Waals surface area contributed by atoms with Crippen LogP contribution in [0.5, 0.6) is 0 Å². The Morgan fingerprint density at radius 1 is 1.38 bits per heavy atom. The Morgan fingerprint density at radius 3 is 2.54 bits per heavy atom. The lowest BCUT2D eigenvalue weighted by atomic mass is 10.2. The normalized spacial score (nSPS) is 10.3. The molecule has 0 N–H and O–H groups in total. The average Bonchev–Trinajstić information content (AvgIpc) is 2.16. The molecule has 0 aromatic heterocycles. The van der Waals surface area contributed by atoms with E-state index in [0.717, 1.165) is 5.56 Å². The number of benzene rings is 1. The largest absolute Gasteiger partial charge is 0.466 e. The minimum Gasteiger partial charge on any atom is -0.466 e. The fourth-order valence-corrected chi connectivity index (χ4v) is 0.932. The molecule has 0 unspecified atom stereocenters. The van der Waals surface area contributed by atoms with E-state index in [1.54, 1.807) is 18.2 Å². The number of ether oxygens (including phenoxy) is 1. The molecule has 0 fully saturated rings. The maximum absolute atomic E-state index is 10.7. The van der Waals surface area contributed by atoms with Crippen molar-refractivity contribution in [1.82, 2.24) is 0 Å². The number of hydrogen-bond donors (Lipinski definition) is 0. The molecule has 0 saturated heterocycles. The van der Waals surface area contributed by atoms with E-state index in [1.165, 1.54) is 13.2 Å². The Bertz CT molecular complexity index is 314. The van der Waals surface area contributed by atoms with Crippen LogP contribution in [0.15, 0.2) is 30.3 Å². The van der Waals surface area contributed by atoms with Crippen LogP contribution in [0.25, 0.3) is 6.08 Å². The smallest absolute Gasteiger partial charge is 0.330 e. The second-order valence-electron chi connectivity index (χ2n) is 2.41. The van der Waals surface area contributed by atoms with E-state index in [4.69, 9.17) is 11.6 Å². The van der Waals surface area contributed by atoms with Crippen molar-refractivity contribution >= 4 is 23.6 Å². The lowest BCUT2D eigenvalue weighted by Gasteiger charge is -1.93. The third-order valence-electron chi connectivity index (χ3n) is 1.48. The van der Waals surface area contributed by atoms with Crippen molar-refractivity contribution in [3.63, 3.8) is 0 Å². The molecule has 0 atom stereocenters. The van der Waals surface area contributed by atoms with E-state index < -0.39 is 0 Å². The Hall–Kier alpha value is -1.28. The summed E-state index contributed by atoms with van der Waals surface area (Å²) in [5, 5.41) is 0.676. The zero-order valence-electron chi connectivity index (χ0n) is 7.16. The summed E-state index contributed by atoms with van der Waals surface area (Å²) >= 11 is 5.69. The van der Waals surface area contributed by atoms with E-state index in [2.05, 4.69) is 4.74 Å². The maximum Gasteiger partial charge on any atom is 0.330 e. The molecule has 0 radical (unpaired) electrons. The van der Waals surface area contributed by atoms with Gasteiger partial charge < -0.3 is 4.74 Å². The van der Waals surface area contributed by atoms with Crippen LogP contribution in [-0.2, 0) is 9.53 Å². The highest BCUT2D eigenvalue weighted by molar-refractivity contribution is 6.30. The molecule has 0 saturated carbocycles. The molecule has 0 aliphatic carbocycles. The third kappa shape index (κ3) is 3.30. The van der Waals surface area contributed by atoms with Crippen molar-refractivity contribution in [3.8, 4) is 0 Å². The van der Waals surface area contributed by atoms with E-state index in [0.29, 0.717) is 5.02 Å². The van der Waals surface area contributed by atoms with Gasteiger partial charge in [-0.3, -0.25) is 0 Å². The molecular formula is C10H9ClO2. The first-order valence-corrected chi connectivity index (χ1v) is 4.12. The maximum atomic E-state index is 10.7. The zero-order valence-corrected chi connectivity index (χ0v) is 7.91. The van der Waals surface area contributed by atoms with E-state index in [9.17, 15) is 4.79 Å². The predicted molar refractivity (Wildman–Crippen MR) is 52.5 cm³/mol. The fraction of sp³-hybridized carbons (Fsp3) is 0.100. The summed E-state index contributed by atoms with van der Waals surface area (Å²) in [6, 6.07) is 7.17. The van der Waals surface area contributed by atoms with Gasteiger partial charge in [-0.15, -0.1) is 0 Å². The first-order chi connectivity index (χ1) is 6.22. The molecule has 1 rings (SSSR count). The van der Waals surface area contributed by atoms with Crippen LogP contribution < -0.4 is 0 Å². The summed E-state index contributed by atoms with van der Waals surface area (Å²) in [7, 11) is 1.34. The number of esters is 1. The summed E-state index contributed by atoms with van der Waals surface area (Å²) in [6.07, 6.45) is 3.03. The molecule has 1 aromatic rings. The van der Waals surface area contributed by atoms with Crippen molar-refractivity contribution in [2.45, 2.75) is 0 Å². The Labute approximate surface area is 81.8 Å². The number of rotatable bonds is 2. The third-order valence-corrected chi connectivity index (χ3v) is 1.74. The van der Waals surface area contributed by atoms with Crippen molar-refractivity contribution in [2.75, 3.05) is 7.11 Å². The molecule has 0 heterocycles. The first kappa shape index (κ1) is 9.81. The van der Waals surface area contributed by atoms with E-state index in [-0.39, 0.29) is 5.97 Å². The van der Waals surface area contributed by atoms with Gasteiger partial charge in [-0.05, 0) is 23.8 Å². The second-order valence-corrected chi connectivity index (χ2v) is 2.84. The number of carbonyl (C=O) groups is 1. The van der Waals surface area contributed by atoms with Gasteiger partial charge >= 0.3 is 5.97 Å². The van der Waals surface area contributed by atoms with E-state index in [1.807, 2.05) is 12.1 Å². The average molecular weight is 197 g/mol. The molecule has 13 heavy (non-hydrogen) atoms. The van der Waals surface area contributed by atoms with Crippen LogP contribution in [0.2, 0.25) is 5.02 Å². The van der Waals surface area contributed by atoms with Gasteiger partial charge in [-0.25, -0.2) is 4.79 Å². The molecule has 0 amide bonds. The summed E-state index contributed by atoms with van der Waals surface area (Å²) < 4.78 is 4.44. The highest BCUT2D eigenvalue weighted by Crippen LogP contribution is 2.10. The Kier molecular flexibility index (Phi) is 3.53. The van der Waals surface area contributed by atoms with Gasteiger partial charge in [0.1, 0.15) is 0 Å². The number of methoxy groups -OCH3 is 1. The van der Waals surface area contributed by atoms with Gasteiger partial charge in [0.25, 0.3) is 0 Å². The molecular weight excluding hydrogens is 188 g/mol. The van der Waals surface area contributed by atoms with Crippen LogP contribution in [0, 0.1) is 0 Å². The minimum absolute atomic E-state index is 0.366. The van der Waals surface area contributed by atoms with Crippen LogP contribution in [0.4, 0.5) is 0 Å². The van der Waals surface area contributed by atoms with Crippen molar-refractivity contribution in [1.29, 1.82) is 0 Å². The standard InChI is InChI=1S/C10H9ClO2/c1-13-10(12)7-4-8-2-5-9(11)6-3-8/h2-7H,1H3/b7-4-. The molecule has 0 bridgehead atoms. The van der Waals surface area contributed by atoms with Gasteiger partial charge in [-0.2, -0.15) is 0 Å². The molecule has 2 nitrogen and oxygen atoms in total. The lowest BCUT2D eigenvalue weighted by Crippen LogP contribution is -1.92. The second kappa shape index (κ2) is 4.67. The van der Waals surface area contributed by atoms with Gasteiger partial charge in [0, 0.05) is 11.1 Å². The molecule has 0 aliphatic rings.